The lowest BCUT2D eigenvalue weighted by Gasteiger charge is -2.12. The first kappa shape index (κ1) is 14.5. The number of aliphatic hydroxyl groups excluding tert-OH is 1. The summed E-state index contributed by atoms with van der Waals surface area (Å²) in [5.41, 5.74) is 2.69. The quantitative estimate of drug-likeness (QED) is 0.871. The second-order valence-corrected chi connectivity index (χ2v) is 4.83. The topological polar surface area (TPSA) is 29.5 Å². The fraction of sp³-hybridized carbons (Fsp3) is 0.294. The van der Waals surface area contributed by atoms with Crippen LogP contribution in [0.3, 0.4) is 0 Å². The van der Waals surface area contributed by atoms with E-state index in [1.54, 1.807) is 0 Å². The highest BCUT2D eigenvalue weighted by molar-refractivity contribution is 5.38. The molecule has 1 N–H and O–H groups in total. The maximum atomic E-state index is 14.1. The minimum absolute atomic E-state index is 0.118. The Morgan fingerprint density at radius 1 is 1.10 bits per heavy atom. The predicted octanol–water partition coefficient (Wildman–Crippen LogP) is 3.64. The van der Waals surface area contributed by atoms with E-state index in [0.717, 1.165) is 16.7 Å². The molecule has 0 aliphatic rings. The van der Waals surface area contributed by atoms with Gasteiger partial charge in [-0.2, -0.15) is 0 Å². The first-order chi connectivity index (χ1) is 9.70. The van der Waals surface area contributed by atoms with Crippen molar-refractivity contribution in [1.29, 1.82) is 0 Å². The Bertz CT molecular complexity index is 529. The van der Waals surface area contributed by atoms with Crippen molar-refractivity contribution in [3.63, 3.8) is 0 Å². The summed E-state index contributed by atoms with van der Waals surface area (Å²) < 4.78 is 19.6. The molecule has 0 atom stereocenters. The molecule has 20 heavy (non-hydrogen) atoms. The Kier molecular flexibility index (Phi) is 5.13. The van der Waals surface area contributed by atoms with E-state index < -0.39 is 0 Å². The smallest absolute Gasteiger partial charge is 0.165 e. The van der Waals surface area contributed by atoms with Crippen molar-refractivity contribution in [2.45, 2.75) is 26.4 Å². The van der Waals surface area contributed by atoms with Crippen LogP contribution in [0.5, 0.6) is 5.75 Å². The second-order valence-electron chi connectivity index (χ2n) is 4.83. The summed E-state index contributed by atoms with van der Waals surface area (Å²) in [5.74, 6) is -0.0320. The van der Waals surface area contributed by atoms with Crippen molar-refractivity contribution in [2.75, 3.05) is 6.61 Å². The maximum Gasteiger partial charge on any atom is 0.165 e. The lowest BCUT2D eigenvalue weighted by Crippen LogP contribution is -2.01. The van der Waals surface area contributed by atoms with Crippen LogP contribution in [0, 0.1) is 12.7 Å². The molecule has 0 unspecified atom stereocenters. The third-order valence-corrected chi connectivity index (χ3v) is 3.14. The monoisotopic (exact) mass is 274 g/mol. The molecule has 3 heteroatoms. The summed E-state index contributed by atoms with van der Waals surface area (Å²) in [7, 11) is 0. The van der Waals surface area contributed by atoms with Crippen molar-refractivity contribution in [3.05, 3.63) is 65.0 Å². The van der Waals surface area contributed by atoms with Gasteiger partial charge in [-0.05, 0) is 42.5 Å². The molecule has 2 aromatic rings. The Morgan fingerprint density at radius 2 is 1.85 bits per heavy atom. The number of aryl methyl sites for hydroxylation is 2. The number of hydrogen-bond acceptors (Lipinski definition) is 2. The summed E-state index contributed by atoms with van der Waals surface area (Å²) >= 11 is 0. The van der Waals surface area contributed by atoms with E-state index in [1.165, 1.54) is 6.07 Å². The average molecular weight is 274 g/mol. The van der Waals surface area contributed by atoms with Crippen molar-refractivity contribution in [3.8, 4) is 5.75 Å². The molecule has 0 aromatic heterocycles. The van der Waals surface area contributed by atoms with Crippen LogP contribution < -0.4 is 4.74 Å². The zero-order chi connectivity index (χ0) is 14.4. The molecule has 2 aromatic carbocycles. The van der Waals surface area contributed by atoms with Gasteiger partial charge in [-0.3, -0.25) is 0 Å². The van der Waals surface area contributed by atoms with Gasteiger partial charge in [0, 0.05) is 6.61 Å². The van der Waals surface area contributed by atoms with Crippen molar-refractivity contribution < 1.29 is 14.2 Å². The largest absolute Gasteiger partial charge is 0.486 e. The molecule has 2 nitrogen and oxygen atoms in total. The maximum absolute atomic E-state index is 14.1. The van der Waals surface area contributed by atoms with Crippen LogP contribution in [0.2, 0.25) is 0 Å². The van der Waals surface area contributed by atoms with Crippen LogP contribution in [0.4, 0.5) is 4.39 Å². The van der Waals surface area contributed by atoms with Crippen LogP contribution in [-0.2, 0) is 13.0 Å². The molecule has 0 heterocycles. The molecule has 0 aliphatic heterocycles. The standard InChI is InChI=1S/C17H19FO2/c1-13-10-15(8-5-9-19)11-16(18)17(13)20-12-14-6-3-2-4-7-14/h2-4,6-7,10-11,19H,5,8-9,12H2,1H3. The van der Waals surface area contributed by atoms with Gasteiger partial charge < -0.3 is 9.84 Å². The summed E-state index contributed by atoms with van der Waals surface area (Å²) in [6, 6.07) is 13.1. The van der Waals surface area contributed by atoms with Crippen LogP contribution in [0.25, 0.3) is 0 Å². The highest BCUT2D eigenvalue weighted by atomic mass is 19.1. The van der Waals surface area contributed by atoms with E-state index in [4.69, 9.17) is 9.84 Å². The van der Waals surface area contributed by atoms with Gasteiger partial charge in [0.25, 0.3) is 0 Å². The second kappa shape index (κ2) is 7.06. The van der Waals surface area contributed by atoms with E-state index in [2.05, 4.69) is 0 Å². The highest BCUT2D eigenvalue weighted by Crippen LogP contribution is 2.25. The molecule has 0 amide bonds. The SMILES string of the molecule is Cc1cc(CCCO)cc(F)c1OCc1ccccc1. The normalized spacial score (nSPS) is 10.6. The van der Waals surface area contributed by atoms with Crippen molar-refractivity contribution in [2.24, 2.45) is 0 Å². The number of halogens is 1. The van der Waals surface area contributed by atoms with Crippen LogP contribution in [0.1, 0.15) is 23.1 Å². The Labute approximate surface area is 118 Å². The lowest BCUT2D eigenvalue weighted by molar-refractivity contribution is 0.285. The fourth-order valence-electron chi connectivity index (χ4n) is 2.14. The number of ether oxygens (including phenoxy) is 1. The molecule has 0 saturated heterocycles. The van der Waals surface area contributed by atoms with E-state index >= 15 is 0 Å². The van der Waals surface area contributed by atoms with Crippen LogP contribution in [-0.4, -0.2) is 11.7 Å². The number of benzene rings is 2. The van der Waals surface area contributed by atoms with Crippen molar-refractivity contribution >= 4 is 0 Å². The molecule has 0 radical (unpaired) electrons. The van der Waals surface area contributed by atoms with Gasteiger partial charge >= 0.3 is 0 Å². The van der Waals surface area contributed by atoms with E-state index in [9.17, 15) is 4.39 Å². The first-order valence-electron chi connectivity index (χ1n) is 6.77. The molecular weight excluding hydrogens is 255 g/mol. The van der Waals surface area contributed by atoms with Gasteiger partial charge in [-0.1, -0.05) is 36.4 Å². The van der Waals surface area contributed by atoms with Gasteiger partial charge in [0.15, 0.2) is 11.6 Å². The van der Waals surface area contributed by atoms with E-state index in [0.29, 0.717) is 25.2 Å². The molecular formula is C17H19FO2. The molecule has 0 aliphatic carbocycles. The van der Waals surface area contributed by atoms with Gasteiger partial charge in [0.1, 0.15) is 6.61 Å². The van der Waals surface area contributed by atoms with Crippen LogP contribution in [0.15, 0.2) is 42.5 Å². The predicted molar refractivity (Wildman–Crippen MR) is 77.3 cm³/mol. The van der Waals surface area contributed by atoms with Gasteiger partial charge in [-0.25, -0.2) is 4.39 Å². The third kappa shape index (κ3) is 3.81. The zero-order valence-corrected chi connectivity index (χ0v) is 11.6. The summed E-state index contributed by atoms with van der Waals surface area (Å²) in [4.78, 5) is 0. The molecule has 2 rings (SSSR count). The first-order valence-corrected chi connectivity index (χ1v) is 6.77. The van der Waals surface area contributed by atoms with Gasteiger partial charge in [0.05, 0.1) is 0 Å². The molecule has 0 saturated carbocycles. The Hall–Kier alpha value is -1.87. The molecule has 0 bridgehead atoms. The third-order valence-electron chi connectivity index (χ3n) is 3.14. The van der Waals surface area contributed by atoms with Gasteiger partial charge in [-0.15, -0.1) is 0 Å². The molecule has 106 valence electrons. The van der Waals surface area contributed by atoms with Crippen molar-refractivity contribution in [1.82, 2.24) is 0 Å². The summed E-state index contributed by atoms with van der Waals surface area (Å²) in [6.45, 7) is 2.31. The van der Waals surface area contributed by atoms with E-state index in [-0.39, 0.29) is 12.4 Å². The Balaban J connectivity index is 2.08. The lowest BCUT2D eigenvalue weighted by atomic mass is 10.1. The minimum atomic E-state index is -0.339. The zero-order valence-electron chi connectivity index (χ0n) is 11.6. The molecule has 0 spiro atoms. The molecule has 0 fully saturated rings. The number of hydrogen-bond donors (Lipinski definition) is 1. The number of rotatable bonds is 6. The van der Waals surface area contributed by atoms with E-state index in [1.807, 2.05) is 43.3 Å². The fourth-order valence-corrected chi connectivity index (χ4v) is 2.14. The summed E-state index contributed by atoms with van der Waals surface area (Å²) in [6.07, 6.45) is 1.32. The Morgan fingerprint density at radius 3 is 2.50 bits per heavy atom. The highest BCUT2D eigenvalue weighted by Gasteiger charge is 2.09. The number of aliphatic hydroxyl groups is 1. The summed E-state index contributed by atoms with van der Waals surface area (Å²) in [5, 5.41) is 8.81. The average Bonchev–Trinajstić information content (AvgIpc) is 2.45. The van der Waals surface area contributed by atoms with Gasteiger partial charge in [0.2, 0.25) is 0 Å². The minimum Gasteiger partial charge on any atom is -0.486 e. The van der Waals surface area contributed by atoms with Crippen LogP contribution >= 0.6 is 0 Å².